The van der Waals surface area contributed by atoms with E-state index in [1.807, 2.05) is 6.07 Å². The second-order valence-corrected chi connectivity index (χ2v) is 7.99. The number of benzene rings is 2. The summed E-state index contributed by atoms with van der Waals surface area (Å²) in [5, 5.41) is 5.40. The van der Waals surface area contributed by atoms with Gasteiger partial charge in [-0.1, -0.05) is 35.9 Å². The number of hydrogen-bond donors (Lipinski definition) is 0. The lowest BCUT2D eigenvalue weighted by molar-refractivity contribution is 0.589. The minimum atomic E-state index is -0.232. The summed E-state index contributed by atoms with van der Waals surface area (Å²) in [5.41, 5.74) is 3.86. The Labute approximate surface area is 181 Å². The number of anilines is 2. The average Bonchev–Trinajstić information content (AvgIpc) is 3.03. The van der Waals surface area contributed by atoms with Gasteiger partial charge in [0.25, 0.3) is 0 Å². The summed E-state index contributed by atoms with van der Waals surface area (Å²) in [6.45, 7) is 6.19. The fourth-order valence-corrected chi connectivity index (χ4v) is 4.18. The summed E-state index contributed by atoms with van der Waals surface area (Å²) in [4.78, 5) is 13.8. The number of aryl methyl sites for hydroxylation is 1. The number of fused-ring (bicyclic) bond motifs is 1. The van der Waals surface area contributed by atoms with E-state index in [1.54, 1.807) is 29.3 Å². The van der Waals surface area contributed by atoms with Crippen LogP contribution < -0.4 is 9.80 Å². The molecule has 31 heavy (non-hydrogen) atoms. The van der Waals surface area contributed by atoms with Gasteiger partial charge >= 0.3 is 0 Å². The van der Waals surface area contributed by atoms with Crippen LogP contribution in [0.25, 0.3) is 11.0 Å². The summed E-state index contributed by atoms with van der Waals surface area (Å²) >= 11 is 0. The smallest absolute Gasteiger partial charge is 0.163 e. The molecule has 4 aromatic rings. The Hall–Kier alpha value is -3.48. The van der Waals surface area contributed by atoms with Crippen LogP contribution in [0.15, 0.2) is 61.1 Å². The molecule has 0 spiro atoms. The van der Waals surface area contributed by atoms with Crippen molar-refractivity contribution in [2.75, 3.05) is 36.0 Å². The largest absolute Gasteiger partial charge is 0.370 e. The van der Waals surface area contributed by atoms with Gasteiger partial charge in [0.2, 0.25) is 0 Å². The molecular weight excluding hydrogens is 391 g/mol. The molecule has 1 saturated heterocycles. The van der Waals surface area contributed by atoms with E-state index in [1.165, 1.54) is 17.3 Å². The number of aromatic nitrogens is 4. The summed E-state index contributed by atoms with van der Waals surface area (Å²) in [6.07, 6.45) is 4.43. The SMILES string of the molecule is Cc1ccc(N2CCCN(c3ncnc4c3cnn4Cc3ccccc3F)CC2)cc1. The van der Waals surface area contributed by atoms with Crippen molar-refractivity contribution in [1.29, 1.82) is 0 Å². The van der Waals surface area contributed by atoms with Gasteiger partial charge in [-0.3, -0.25) is 0 Å². The maximum absolute atomic E-state index is 14.1. The molecule has 1 aliphatic heterocycles. The van der Waals surface area contributed by atoms with Crippen molar-refractivity contribution < 1.29 is 4.39 Å². The average molecular weight is 417 g/mol. The maximum Gasteiger partial charge on any atom is 0.163 e. The van der Waals surface area contributed by atoms with Crippen LogP contribution in [0.3, 0.4) is 0 Å². The monoisotopic (exact) mass is 416 g/mol. The van der Waals surface area contributed by atoms with Gasteiger partial charge in [-0.2, -0.15) is 5.10 Å². The maximum atomic E-state index is 14.1. The summed E-state index contributed by atoms with van der Waals surface area (Å²) < 4.78 is 15.9. The predicted octanol–water partition coefficient (Wildman–Crippen LogP) is 4.04. The van der Waals surface area contributed by atoms with Crippen LogP contribution in [0.2, 0.25) is 0 Å². The highest BCUT2D eigenvalue weighted by Gasteiger charge is 2.20. The summed E-state index contributed by atoms with van der Waals surface area (Å²) in [6, 6.07) is 15.5. The Bertz CT molecular complexity index is 1190. The minimum Gasteiger partial charge on any atom is -0.370 e. The van der Waals surface area contributed by atoms with Gasteiger partial charge in [-0.25, -0.2) is 19.0 Å². The summed E-state index contributed by atoms with van der Waals surface area (Å²) in [7, 11) is 0. The standard InChI is InChI=1S/C24H25FN6/c1-18-7-9-20(10-8-18)29-11-4-12-30(14-13-29)23-21-15-28-31(24(21)27-17-26-23)16-19-5-2-3-6-22(19)25/h2-3,5-10,15,17H,4,11-14,16H2,1H3. The van der Waals surface area contributed by atoms with Crippen molar-refractivity contribution in [2.45, 2.75) is 19.9 Å². The lowest BCUT2D eigenvalue weighted by Gasteiger charge is -2.24. The number of hydrogen-bond acceptors (Lipinski definition) is 5. The van der Waals surface area contributed by atoms with Crippen molar-refractivity contribution >= 4 is 22.5 Å². The molecule has 0 unspecified atom stereocenters. The van der Waals surface area contributed by atoms with E-state index in [0.717, 1.165) is 49.5 Å². The third-order valence-corrected chi connectivity index (χ3v) is 5.89. The first-order chi connectivity index (χ1) is 15.2. The third kappa shape index (κ3) is 3.95. The third-order valence-electron chi connectivity index (χ3n) is 5.89. The van der Waals surface area contributed by atoms with Gasteiger partial charge in [-0.15, -0.1) is 0 Å². The first kappa shape index (κ1) is 19.5. The lowest BCUT2D eigenvalue weighted by Crippen LogP contribution is -2.31. The van der Waals surface area contributed by atoms with Crippen molar-refractivity contribution in [3.8, 4) is 0 Å². The fraction of sp³-hybridized carbons (Fsp3) is 0.292. The Morgan fingerprint density at radius 2 is 1.68 bits per heavy atom. The topological polar surface area (TPSA) is 50.1 Å². The van der Waals surface area contributed by atoms with Gasteiger partial charge in [0, 0.05) is 37.4 Å². The molecule has 158 valence electrons. The zero-order valence-electron chi connectivity index (χ0n) is 17.6. The molecule has 2 aromatic heterocycles. The van der Waals surface area contributed by atoms with E-state index in [2.05, 4.69) is 56.1 Å². The first-order valence-corrected chi connectivity index (χ1v) is 10.7. The Balaban J connectivity index is 1.38. The van der Waals surface area contributed by atoms with Crippen LogP contribution in [0.1, 0.15) is 17.5 Å². The van der Waals surface area contributed by atoms with Gasteiger partial charge in [0.1, 0.15) is 18.0 Å². The van der Waals surface area contributed by atoms with E-state index < -0.39 is 0 Å². The highest BCUT2D eigenvalue weighted by molar-refractivity contribution is 5.86. The van der Waals surface area contributed by atoms with Crippen molar-refractivity contribution in [1.82, 2.24) is 19.7 Å². The van der Waals surface area contributed by atoms with Crippen LogP contribution >= 0.6 is 0 Å². The molecule has 5 rings (SSSR count). The highest BCUT2D eigenvalue weighted by atomic mass is 19.1. The van der Waals surface area contributed by atoms with E-state index in [0.29, 0.717) is 12.1 Å². The highest BCUT2D eigenvalue weighted by Crippen LogP contribution is 2.25. The molecule has 0 atom stereocenters. The molecule has 0 radical (unpaired) electrons. The molecule has 0 saturated carbocycles. The zero-order chi connectivity index (χ0) is 21.2. The van der Waals surface area contributed by atoms with Gasteiger partial charge in [-0.05, 0) is 31.5 Å². The second kappa shape index (κ2) is 8.34. The zero-order valence-corrected chi connectivity index (χ0v) is 17.6. The van der Waals surface area contributed by atoms with Gasteiger partial charge < -0.3 is 9.80 Å². The van der Waals surface area contributed by atoms with Crippen molar-refractivity contribution in [2.24, 2.45) is 0 Å². The molecule has 0 amide bonds. The molecule has 0 aliphatic carbocycles. The number of nitrogens with zero attached hydrogens (tertiary/aromatic N) is 6. The first-order valence-electron chi connectivity index (χ1n) is 10.7. The molecule has 7 heteroatoms. The normalized spacial score (nSPS) is 14.8. The lowest BCUT2D eigenvalue weighted by atomic mass is 10.2. The number of halogens is 1. The van der Waals surface area contributed by atoms with E-state index in [4.69, 9.17) is 0 Å². The van der Waals surface area contributed by atoms with Crippen LogP contribution in [-0.2, 0) is 6.54 Å². The van der Waals surface area contributed by atoms with Crippen LogP contribution in [0.4, 0.5) is 15.9 Å². The molecule has 1 aliphatic rings. The molecule has 2 aromatic carbocycles. The Kier molecular flexibility index (Phi) is 5.24. The van der Waals surface area contributed by atoms with E-state index in [-0.39, 0.29) is 5.82 Å². The van der Waals surface area contributed by atoms with Gasteiger partial charge in [0.15, 0.2) is 5.65 Å². The van der Waals surface area contributed by atoms with Crippen molar-refractivity contribution in [3.05, 3.63) is 78.0 Å². The second-order valence-electron chi connectivity index (χ2n) is 7.99. The minimum absolute atomic E-state index is 0.232. The predicted molar refractivity (Wildman–Crippen MR) is 121 cm³/mol. The van der Waals surface area contributed by atoms with Gasteiger partial charge in [0.05, 0.1) is 18.1 Å². The molecule has 0 N–H and O–H groups in total. The molecule has 1 fully saturated rings. The Morgan fingerprint density at radius 1 is 0.903 bits per heavy atom. The van der Waals surface area contributed by atoms with Crippen LogP contribution in [0.5, 0.6) is 0 Å². The Morgan fingerprint density at radius 3 is 2.52 bits per heavy atom. The molecule has 0 bridgehead atoms. The van der Waals surface area contributed by atoms with E-state index >= 15 is 0 Å². The van der Waals surface area contributed by atoms with E-state index in [9.17, 15) is 4.39 Å². The molecular formula is C24H25FN6. The number of rotatable bonds is 4. The quantitative estimate of drug-likeness (QED) is 0.503. The fourth-order valence-electron chi connectivity index (χ4n) is 4.18. The summed E-state index contributed by atoms with van der Waals surface area (Å²) in [5.74, 6) is 0.666. The molecule has 6 nitrogen and oxygen atoms in total. The molecule has 3 heterocycles. The van der Waals surface area contributed by atoms with Crippen molar-refractivity contribution in [3.63, 3.8) is 0 Å². The van der Waals surface area contributed by atoms with Crippen LogP contribution in [0, 0.1) is 12.7 Å². The van der Waals surface area contributed by atoms with Crippen LogP contribution in [-0.4, -0.2) is 45.9 Å².